The Bertz CT molecular complexity index is 369. The Morgan fingerprint density at radius 2 is 1.64 bits per heavy atom. The molecule has 128 valence electrons. The van der Waals surface area contributed by atoms with Crippen molar-refractivity contribution in [2.45, 2.75) is 76.7 Å². The van der Waals surface area contributed by atoms with E-state index in [0.717, 1.165) is 6.42 Å². The first-order chi connectivity index (χ1) is 9.94. The van der Waals surface area contributed by atoms with Gasteiger partial charge in [-0.15, -0.1) is 0 Å². The van der Waals surface area contributed by atoms with E-state index in [1.165, 1.54) is 0 Å². The van der Waals surface area contributed by atoms with Crippen molar-refractivity contribution in [3.05, 3.63) is 0 Å². The van der Waals surface area contributed by atoms with Gasteiger partial charge in [0.05, 0.1) is 0 Å². The number of rotatable bonds is 3. The molecule has 0 radical (unpaired) electrons. The smallest absolute Gasteiger partial charge is 0.407 e. The summed E-state index contributed by atoms with van der Waals surface area (Å²) in [6, 6.07) is -0.566. The average molecular weight is 324 g/mol. The summed E-state index contributed by atoms with van der Waals surface area (Å²) in [7, 11) is 0. The van der Waals surface area contributed by atoms with Gasteiger partial charge >= 0.3 is 12.3 Å². The Morgan fingerprint density at radius 1 is 1.09 bits per heavy atom. The van der Waals surface area contributed by atoms with Crippen LogP contribution in [-0.2, 0) is 9.53 Å². The SMILES string of the molecule is CC(C)(C)OC(=O)N[C@H]1CCC[C@H](NC(=O)CC(F)(F)F)C1. The van der Waals surface area contributed by atoms with Crippen LogP contribution in [0.15, 0.2) is 0 Å². The summed E-state index contributed by atoms with van der Waals surface area (Å²) < 4.78 is 41.5. The van der Waals surface area contributed by atoms with Crippen molar-refractivity contribution in [2.75, 3.05) is 0 Å². The topological polar surface area (TPSA) is 67.4 Å². The number of alkyl halides is 3. The van der Waals surface area contributed by atoms with Gasteiger partial charge in [0.15, 0.2) is 0 Å². The van der Waals surface area contributed by atoms with Gasteiger partial charge < -0.3 is 15.4 Å². The van der Waals surface area contributed by atoms with Crippen LogP contribution in [0.5, 0.6) is 0 Å². The zero-order valence-electron chi connectivity index (χ0n) is 13.0. The lowest BCUT2D eigenvalue weighted by atomic mass is 9.91. The largest absolute Gasteiger partial charge is 0.444 e. The third-order valence-corrected chi connectivity index (χ3v) is 3.12. The Kier molecular flexibility index (Phi) is 6.08. The van der Waals surface area contributed by atoms with Gasteiger partial charge in [0, 0.05) is 12.1 Å². The molecule has 0 bridgehead atoms. The lowest BCUT2D eigenvalue weighted by molar-refractivity contribution is -0.154. The summed E-state index contributed by atoms with van der Waals surface area (Å²) >= 11 is 0. The van der Waals surface area contributed by atoms with Crippen molar-refractivity contribution in [1.29, 1.82) is 0 Å². The Balaban J connectivity index is 2.41. The molecule has 2 N–H and O–H groups in total. The number of carbonyl (C=O) groups is 2. The molecule has 1 fully saturated rings. The first kappa shape index (κ1) is 18.6. The van der Waals surface area contributed by atoms with E-state index in [-0.39, 0.29) is 12.1 Å². The van der Waals surface area contributed by atoms with E-state index in [4.69, 9.17) is 4.74 Å². The molecule has 1 aliphatic carbocycles. The lowest BCUT2D eigenvalue weighted by Crippen LogP contribution is -2.47. The minimum absolute atomic E-state index is 0.209. The highest BCUT2D eigenvalue weighted by Crippen LogP contribution is 2.22. The van der Waals surface area contributed by atoms with Crippen LogP contribution < -0.4 is 10.6 Å². The maximum absolute atomic E-state index is 12.1. The van der Waals surface area contributed by atoms with Crippen LogP contribution in [0.4, 0.5) is 18.0 Å². The standard InChI is InChI=1S/C14H23F3N2O3/c1-13(2,3)22-12(21)19-10-6-4-5-9(7-10)18-11(20)8-14(15,16)17/h9-10H,4-8H2,1-3H3,(H,18,20)(H,19,21)/t9-,10-/m0/s1. The van der Waals surface area contributed by atoms with E-state index in [9.17, 15) is 22.8 Å². The highest BCUT2D eigenvalue weighted by Gasteiger charge is 2.33. The van der Waals surface area contributed by atoms with Gasteiger partial charge in [-0.2, -0.15) is 13.2 Å². The average Bonchev–Trinajstić information content (AvgIpc) is 2.22. The molecule has 1 saturated carbocycles. The predicted molar refractivity (Wildman–Crippen MR) is 74.2 cm³/mol. The first-order valence-corrected chi connectivity index (χ1v) is 7.30. The first-order valence-electron chi connectivity index (χ1n) is 7.30. The van der Waals surface area contributed by atoms with E-state index in [0.29, 0.717) is 19.3 Å². The molecule has 0 aliphatic heterocycles. The third kappa shape index (κ3) is 8.09. The van der Waals surface area contributed by atoms with E-state index >= 15 is 0 Å². The van der Waals surface area contributed by atoms with E-state index in [1.807, 2.05) is 0 Å². The summed E-state index contributed by atoms with van der Waals surface area (Å²) in [5.41, 5.74) is -0.612. The van der Waals surface area contributed by atoms with Crippen molar-refractivity contribution < 1.29 is 27.5 Å². The number of ether oxygens (including phenoxy) is 1. The molecule has 2 amide bonds. The molecular formula is C14H23F3N2O3. The van der Waals surface area contributed by atoms with Gasteiger partial charge in [0.2, 0.25) is 5.91 Å². The number of carbonyl (C=O) groups excluding carboxylic acids is 2. The van der Waals surface area contributed by atoms with E-state index < -0.39 is 30.2 Å². The summed E-state index contributed by atoms with van der Waals surface area (Å²) in [5, 5.41) is 5.07. The fraction of sp³-hybridized carbons (Fsp3) is 0.857. The second-order valence-electron chi connectivity index (χ2n) is 6.57. The summed E-state index contributed by atoms with van der Waals surface area (Å²) in [6.07, 6.45) is -4.10. The zero-order chi connectivity index (χ0) is 17.0. The second-order valence-corrected chi connectivity index (χ2v) is 6.57. The quantitative estimate of drug-likeness (QED) is 0.839. The minimum atomic E-state index is -4.51. The minimum Gasteiger partial charge on any atom is -0.444 e. The molecule has 0 saturated heterocycles. The van der Waals surface area contributed by atoms with Crippen molar-refractivity contribution in [1.82, 2.24) is 10.6 Å². The lowest BCUT2D eigenvalue weighted by Gasteiger charge is -2.31. The highest BCUT2D eigenvalue weighted by atomic mass is 19.4. The van der Waals surface area contributed by atoms with Crippen molar-refractivity contribution in [2.24, 2.45) is 0 Å². The highest BCUT2D eigenvalue weighted by molar-refractivity contribution is 5.77. The molecule has 8 heteroatoms. The Morgan fingerprint density at radius 3 is 2.14 bits per heavy atom. The Hall–Kier alpha value is -1.47. The van der Waals surface area contributed by atoms with Gasteiger partial charge in [0.1, 0.15) is 12.0 Å². The summed E-state index contributed by atoms with van der Waals surface area (Å²) in [6.45, 7) is 5.23. The van der Waals surface area contributed by atoms with Crippen LogP contribution in [0, 0.1) is 0 Å². The third-order valence-electron chi connectivity index (χ3n) is 3.12. The molecular weight excluding hydrogens is 301 g/mol. The van der Waals surface area contributed by atoms with Gasteiger partial charge in [0.25, 0.3) is 0 Å². The van der Waals surface area contributed by atoms with E-state index in [1.54, 1.807) is 20.8 Å². The van der Waals surface area contributed by atoms with Crippen molar-refractivity contribution in [3.63, 3.8) is 0 Å². The van der Waals surface area contributed by atoms with Crippen LogP contribution in [0.1, 0.15) is 52.9 Å². The van der Waals surface area contributed by atoms with Gasteiger partial charge in [-0.3, -0.25) is 4.79 Å². The van der Waals surface area contributed by atoms with Crippen LogP contribution >= 0.6 is 0 Å². The molecule has 0 spiro atoms. The molecule has 5 nitrogen and oxygen atoms in total. The fourth-order valence-corrected chi connectivity index (χ4v) is 2.39. The molecule has 22 heavy (non-hydrogen) atoms. The maximum Gasteiger partial charge on any atom is 0.407 e. The maximum atomic E-state index is 12.1. The van der Waals surface area contributed by atoms with Crippen LogP contribution in [-0.4, -0.2) is 35.9 Å². The van der Waals surface area contributed by atoms with Gasteiger partial charge in [-0.05, 0) is 46.5 Å². The van der Waals surface area contributed by atoms with Gasteiger partial charge in [-0.1, -0.05) is 0 Å². The number of nitrogens with one attached hydrogen (secondary N) is 2. The fourth-order valence-electron chi connectivity index (χ4n) is 2.39. The number of amides is 2. The van der Waals surface area contributed by atoms with Crippen molar-refractivity contribution >= 4 is 12.0 Å². The van der Waals surface area contributed by atoms with Gasteiger partial charge in [-0.25, -0.2) is 4.79 Å². The van der Waals surface area contributed by atoms with E-state index in [2.05, 4.69) is 10.6 Å². The molecule has 0 heterocycles. The monoisotopic (exact) mass is 324 g/mol. The Labute approximate surface area is 128 Å². The molecule has 0 aromatic rings. The molecule has 0 unspecified atom stereocenters. The van der Waals surface area contributed by atoms with Crippen LogP contribution in [0.25, 0.3) is 0 Å². The molecule has 1 aliphatic rings. The number of halogens is 3. The molecule has 0 aromatic carbocycles. The van der Waals surface area contributed by atoms with Crippen LogP contribution in [0.2, 0.25) is 0 Å². The predicted octanol–water partition coefficient (Wildman–Crippen LogP) is 2.89. The zero-order valence-corrected chi connectivity index (χ0v) is 13.0. The summed E-state index contributed by atoms with van der Waals surface area (Å²) in [4.78, 5) is 23.0. The van der Waals surface area contributed by atoms with Crippen LogP contribution in [0.3, 0.4) is 0 Å². The second kappa shape index (κ2) is 7.19. The van der Waals surface area contributed by atoms with Crippen molar-refractivity contribution in [3.8, 4) is 0 Å². The molecule has 2 atom stereocenters. The number of alkyl carbamates (subject to hydrolysis) is 1. The number of hydrogen-bond acceptors (Lipinski definition) is 3. The molecule has 0 aromatic heterocycles. The number of hydrogen-bond donors (Lipinski definition) is 2. The molecule has 1 rings (SSSR count). The normalized spacial score (nSPS) is 22.8. The summed E-state index contributed by atoms with van der Waals surface area (Å²) in [5.74, 6) is -1.03.